The average molecular weight is 310 g/mol. The van der Waals surface area contributed by atoms with Gasteiger partial charge in [-0.15, -0.1) is 6.58 Å². The lowest BCUT2D eigenvalue weighted by Gasteiger charge is -2.29. The van der Waals surface area contributed by atoms with E-state index in [4.69, 9.17) is 5.26 Å². The fraction of sp³-hybridized carbons (Fsp3) is 0.375. The summed E-state index contributed by atoms with van der Waals surface area (Å²) in [5.41, 5.74) is -0.381. The van der Waals surface area contributed by atoms with Gasteiger partial charge in [0.15, 0.2) is 0 Å². The van der Waals surface area contributed by atoms with E-state index in [-0.39, 0.29) is 11.3 Å². The molecule has 3 nitrogen and oxygen atoms in total. The van der Waals surface area contributed by atoms with Crippen LogP contribution in [-0.2, 0) is 11.0 Å². The van der Waals surface area contributed by atoms with Crippen LogP contribution in [0.4, 0.5) is 18.9 Å². The standard InChI is InChI=1S/C13H11F3N2O.C3H6/c14-13(15,16)10-1-2-12(9(7-10)8-17)18-5-3-11(19)4-6-18;1-3-2/h1-2,7H,3-6H2;3H,1H2,2H3. The number of alkyl halides is 3. The minimum Gasteiger partial charge on any atom is -0.370 e. The van der Waals surface area contributed by atoms with Crippen LogP contribution in [0.15, 0.2) is 30.9 Å². The highest BCUT2D eigenvalue weighted by Crippen LogP contribution is 2.33. The number of Topliss-reactive ketones (excluding diaryl/α,β-unsaturated/α-hetero) is 1. The first-order valence-electron chi connectivity index (χ1n) is 6.78. The molecule has 0 N–H and O–H groups in total. The number of allylic oxidation sites excluding steroid dienone is 1. The van der Waals surface area contributed by atoms with Gasteiger partial charge in [0.05, 0.1) is 16.8 Å². The Labute approximate surface area is 127 Å². The molecule has 0 atom stereocenters. The predicted octanol–water partition coefficient (Wildman–Crippen LogP) is 3.94. The third-order valence-corrected chi connectivity index (χ3v) is 3.11. The number of halogens is 3. The fourth-order valence-electron chi connectivity index (χ4n) is 2.07. The zero-order valence-electron chi connectivity index (χ0n) is 12.3. The smallest absolute Gasteiger partial charge is 0.370 e. The summed E-state index contributed by atoms with van der Waals surface area (Å²) in [6, 6.07) is 4.91. The van der Waals surface area contributed by atoms with Crippen molar-refractivity contribution in [3.8, 4) is 6.07 Å². The van der Waals surface area contributed by atoms with Crippen LogP contribution in [0.2, 0.25) is 0 Å². The highest BCUT2D eigenvalue weighted by atomic mass is 19.4. The lowest BCUT2D eigenvalue weighted by molar-refractivity contribution is -0.137. The van der Waals surface area contributed by atoms with E-state index in [1.165, 1.54) is 6.07 Å². The Morgan fingerprint density at radius 2 is 1.86 bits per heavy atom. The highest BCUT2D eigenvalue weighted by Gasteiger charge is 2.31. The number of piperidine rings is 1. The van der Waals surface area contributed by atoms with Gasteiger partial charge in [-0.2, -0.15) is 18.4 Å². The van der Waals surface area contributed by atoms with Crippen molar-refractivity contribution < 1.29 is 18.0 Å². The second-order valence-electron chi connectivity index (χ2n) is 4.78. The Morgan fingerprint density at radius 3 is 2.32 bits per heavy atom. The Kier molecular flexibility index (Phi) is 6.17. The molecule has 0 bridgehead atoms. The van der Waals surface area contributed by atoms with Gasteiger partial charge in [0, 0.05) is 25.9 Å². The molecular formula is C16H17F3N2O. The van der Waals surface area contributed by atoms with Crippen LogP contribution in [-0.4, -0.2) is 18.9 Å². The second kappa shape index (κ2) is 7.64. The monoisotopic (exact) mass is 310 g/mol. The van der Waals surface area contributed by atoms with Crippen molar-refractivity contribution in [1.82, 2.24) is 0 Å². The molecule has 0 saturated carbocycles. The number of carbonyl (C=O) groups is 1. The van der Waals surface area contributed by atoms with E-state index < -0.39 is 11.7 Å². The van der Waals surface area contributed by atoms with Crippen molar-refractivity contribution >= 4 is 11.5 Å². The van der Waals surface area contributed by atoms with Gasteiger partial charge in [0.25, 0.3) is 0 Å². The molecule has 0 aliphatic carbocycles. The van der Waals surface area contributed by atoms with Crippen LogP contribution in [0.25, 0.3) is 0 Å². The number of rotatable bonds is 1. The van der Waals surface area contributed by atoms with Crippen molar-refractivity contribution in [2.75, 3.05) is 18.0 Å². The molecule has 0 radical (unpaired) electrons. The van der Waals surface area contributed by atoms with Gasteiger partial charge in [-0.3, -0.25) is 4.79 Å². The number of hydrogen-bond donors (Lipinski definition) is 0. The Hall–Kier alpha value is -2.29. The first-order chi connectivity index (χ1) is 10.3. The number of carbonyl (C=O) groups excluding carboxylic acids is 1. The quantitative estimate of drug-likeness (QED) is 0.738. The number of anilines is 1. The summed E-state index contributed by atoms with van der Waals surface area (Å²) in [5, 5.41) is 8.98. The third-order valence-electron chi connectivity index (χ3n) is 3.11. The van der Waals surface area contributed by atoms with Crippen LogP contribution < -0.4 is 4.90 Å². The van der Waals surface area contributed by atoms with Gasteiger partial charge in [0.2, 0.25) is 0 Å². The van der Waals surface area contributed by atoms with E-state index >= 15 is 0 Å². The molecule has 6 heteroatoms. The lowest BCUT2D eigenvalue weighted by Crippen LogP contribution is -2.34. The molecule has 0 amide bonds. The summed E-state index contributed by atoms with van der Waals surface area (Å²) >= 11 is 0. The molecule has 2 rings (SSSR count). The van der Waals surface area contributed by atoms with Crippen molar-refractivity contribution in [3.63, 3.8) is 0 Å². The second-order valence-corrected chi connectivity index (χ2v) is 4.78. The Bertz CT molecular complexity index is 578. The number of benzene rings is 1. The van der Waals surface area contributed by atoms with Crippen molar-refractivity contribution in [2.24, 2.45) is 0 Å². The minimum atomic E-state index is -4.46. The van der Waals surface area contributed by atoms with Crippen LogP contribution in [0.3, 0.4) is 0 Å². The molecule has 1 saturated heterocycles. The molecule has 22 heavy (non-hydrogen) atoms. The zero-order chi connectivity index (χ0) is 16.8. The number of ketones is 1. The van der Waals surface area contributed by atoms with E-state index in [2.05, 4.69) is 6.58 Å². The zero-order valence-corrected chi connectivity index (χ0v) is 12.3. The van der Waals surface area contributed by atoms with Gasteiger partial charge in [-0.05, 0) is 25.1 Å². The van der Waals surface area contributed by atoms with E-state index in [1.807, 2.05) is 6.92 Å². The van der Waals surface area contributed by atoms with E-state index in [1.54, 1.807) is 17.0 Å². The maximum Gasteiger partial charge on any atom is 0.416 e. The van der Waals surface area contributed by atoms with Crippen LogP contribution in [0.1, 0.15) is 30.9 Å². The van der Waals surface area contributed by atoms with Gasteiger partial charge in [0.1, 0.15) is 11.9 Å². The number of hydrogen-bond acceptors (Lipinski definition) is 3. The number of nitriles is 1. The molecule has 1 aliphatic heterocycles. The Morgan fingerprint density at radius 1 is 1.32 bits per heavy atom. The molecule has 0 aromatic heterocycles. The topological polar surface area (TPSA) is 44.1 Å². The summed E-state index contributed by atoms with van der Waals surface area (Å²) < 4.78 is 37.7. The first-order valence-corrected chi connectivity index (χ1v) is 6.78. The van der Waals surface area contributed by atoms with E-state index in [0.717, 1.165) is 12.1 Å². The lowest BCUT2D eigenvalue weighted by atomic mass is 10.0. The minimum absolute atomic E-state index is 0.0100. The van der Waals surface area contributed by atoms with Gasteiger partial charge < -0.3 is 4.90 Å². The molecule has 1 aliphatic rings. The first kappa shape index (κ1) is 17.8. The summed E-state index contributed by atoms with van der Waals surface area (Å²) in [4.78, 5) is 12.9. The van der Waals surface area contributed by atoms with Gasteiger partial charge in [-0.25, -0.2) is 0 Å². The largest absolute Gasteiger partial charge is 0.416 e. The van der Waals surface area contributed by atoms with Gasteiger partial charge >= 0.3 is 6.18 Å². The van der Waals surface area contributed by atoms with E-state index in [9.17, 15) is 18.0 Å². The maximum atomic E-state index is 12.6. The fourth-order valence-corrected chi connectivity index (χ4v) is 2.07. The van der Waals surface area contributed by atoms with Crippen molar-refractivity contribution in [1.29, 1.82) is 5.26 Å². The molecule has 1 aromatic carbocycles. The van der Waals surface area contributed by atoms with Crippen LogP contribution in [0, 0.1) is 11.3 Å². The number of nitrogens with zero attached hydrogens (tertiary/aromatic N) is 2. The van der Waals surface area contributed by atoms with Crippen molar-refractivity contribution in [3.05, 3.63) is 42.0 Å². The Balaban J connectivity index is 0.000000745. The maximum absolute atomic E-state index is 12.6. The molecule has 118 valence electrons. The molecule has 1 heterocycles. The van der Waals surface area contributed by atoms with Crippen LogP contribution in [0.5, 0.6) is 0 Å². The molecule has 0 spiro atoms. The van der Waals surface area contributed by atoms with Crippen molar-refractivity contribution in [2.45, 2.75) is 25.9 Å². The average Bonchev–Trinajstić information content (AvgIpc) is 2.47. The van der Waals surface area contributed by atoms with E-state index in [0.29, 0.717) is 31.6 Å². The summed E-state index contributed by atoms with van der Waals surface area (Å²) in [6.07, 6.45) is -1.97. The third kappa shape index (κ3) is 4.62. The molecular weight excluding hydrogens is 293 g/mol. The highest BCUT2D eigenvalue weighted by molar-refractivity contribution is 5.81. The van der Waals surface area contributed by atoms with Gasteiger partial charge in [-0.1, -0.05) is 6.08 Å². The molecule has 1 aromatic rings. The molecule has 0 unspecified atom stereocenters. The SMILES string of the molecule is C=CC.N#Cc1cc(C(F)(F)F)ccc1N1CCC(=O)CC1. The summed E-state index contributed by atoms with van der Waals surface area (Å²) in [5.74, 6) is 0.140. The summed E-state index contributed by atoms with van der Waals surface area (Å²) in [7, 11) is 0. The summed E-state index contributed by atoms with van der Waals surface area (Å²) in [6.45, 7) is 6.14. The normalized spacial score (nSPS) is 14.7. The molecule has 1 fully saturated rings. The predicted molar refractivity (Wildman–Crippen MR) is 78.5 cm³/mol. The van der Waals surface area contributed by atoms with Crippen LogP contribution >= 0.6 is 0 Å².